The van der Waals surface area contributed by atoms with Crippen molar-refractivity contribution >= 4 is 11.7 Å². The lowest BCUT2D eigenvalue weighted by molar-refractivity contribution is 0.0691. The van der Waals surface area contributed by atoms with Crippen molar-refractivity contribution in [3.05, 3.63) is 17.7 Å². The van der Waals surface area contributed by atoms with Crippen LogP contribution in [0.1, 0.15) is 62.8 Å². The van der Waals surface area contributed by atoms with Crippen LogP contribution in [-0.2, 0) is 0 Å². The van der Waals surface area contributed by atoms with Crippen molar-refractivity contribution in [2.75, 3.05) is 11.9 Å². The average Bonchev–Trinajstić information content (AvgIpc) is 2.34. The number of hydrogen-bond acceptors (Lipinski definition) is 4. The lowest BCUT2D eigenvalue weighted by atomic mass is 10.1. The molecule has 0 aliphatic carbocycles. The van der Waals surface area contributed by atoms with Crippen LogP contribution in [0, 0.1) is 5.92 Å². The maximum Gasteiger partial charge on any atom is 0.356 e. The molecule has 0 aliphatic rings. The van der Waals surface area contributed by atoms with Crippen LogP contribution in [0.25, 0.3) is 0 Å². The monoisotopic (exact) mass is 265 g/mol. The first-order valence-corrected chi connectivity index (χ1v) is 6.76. The second kappa shape index (κ2) is 7.07. The number of carbonyl (C=O) groups is 1. The van der Waals surface area contributed by atoms with Gasteiger partial charge in [0.05, 0.1) is 11.9 Å². The first kappa shape index (κ1) is 15.4. The Bertz CT molecular complexity index is 431. The van der Waals surface area contributed by atoms with Gasteiger partial charge in [0.1, 0.15) is 5.82 Å². The van der Waals surface area contributed by atoms with Gasteiger partial charge < -0.3 is 10.4 Å². The van der Waals surface area contributed by atoms with Crippen LogP contribution in [0.15, 0.2) is 6.20 Å². The Hall–Kier alpha value is -1.65. The Morgan fingerprint density at radius 1 is 1.37 bits per heavy atom. The van der Waals surface area contributed by atoms with Crippen molar-refractivity contribution < 1.29 is 9.90 Å². The van der Waals surface area contributed by atoms with E-state index in [9.17, 15) is 9.90 Å². The zero-order chi connectivity index (χ0) is 14.4. The van der Waals surface area contributed by atoms with E-state index < -0.39 is 5.97 Å². The predicted molar refractivity (Wildman–Crippen MR) is 75.6 cm³/mol. The Labute approximate surface area is 114 Å². The molecule has 0 aromatic carbocycles. The Morgan fingerprint density at radius 3 is 2.58 bits per heavy atom. The normalized spacial score (nSPS) is 11.1. The van der Waals surface area contributed by atoms with Gasteiger partial charge in [-0.3, -0.25) is 0 Å². The molecule has 0 saturated carbocycles. The van der Waals surface area contributed by atoms with Gasteiger partial charge in [-0.25, -0.2) is 14.8 Å². The third-order valence-electron chi connectivity index (χ3n) is 2.80. The van der Waals surface area contributed by atoms with E-state index in [1.54, 1.807) is 6.20 Å². The van der Waals surface area contributed by atoms with E-state index in [2.05, 4.69) is 29.1 Å². The first-order chi connectivity index (χ1) is 8.91. The number of rotatable bonds is 7. The molecule has 5 heteroatoms. The molecule has 106 valence electrons. The molecule has 0 aliphatic heterocycles. The number of aromatic carboxylic acids is 1. The van der Waals surface area contributed by atoms with Crippen molar-refractivity contribution in [1.82, 2.24) is 9.97 Å². The van der Waals surface area contributed by atoms with Gasteiger partial charge in [-0.05, 0) is 18.8 Å². The van der Waals surface area contributed by atoms with Gasteiger partial charge in [-0.15, -0.1) is 0 Å². The molecule has 0 atom stereocenters. The number of anilines is 1. The summed E-state index contributed by atoms with van der Waals surface area (Å²) in [5.41, 5.74) is 0.559. The Balaban J connectivity index is 2.74. The van der Waals surface area contributed by atoms with E-state index in [1.165, 1.54) is 0 Å². The van der Waals surface area contributed by atoms with Crippen LogP contribution >= 0.6 is 0 Å². The van der Waals surface area contributed by atoms with E-state index >= 15 is 0 Å². The fourth-order valence-corrected chi connectivity index (χ4v) is 1.70. The summed E-state index contributed by atoms with van der Waals surface area (Å²) >= 11 is 0. The Morgan fingerprint density at radius 2 is 2.05 bits per heavy atom. The highest BCUT2D eigenvalue weighted by Crippen LogP contribution is 2.16. The number of carboxylic acid groups (broad SMARTS) is 1. The summed E-state index contributed by atoms with van der Waals surface area (Å²) in [6.45, 7) is 8.96. The largest absolute Gasteiger partial charge is 0.476 e. The minimum atomic E-state index is -1.02. The molecular weight excluding hydrogens is 242 g/mol. The van der Waals surface area contributed by atoms with E-state index in [1.807, 2.05) is 13.8 Å². The molecule has 1 rings (SSSR count). The molecule has 0 saturated heterocycles. The molecule has 1 heterocycles. The molecule has 0 unspecified atom stereocenters. The molecule has 5 nitrogen and oxygen atoms in total. The molecule has 2 N–H and O–H groups in total. The van der Waals surface area contributed by atoms with E-state index in [0.29, 0.717) is 17.4 Å². The summed E-state index contributed by atoms with van der Waals surface area (Å²) < 4.78 is 0. The van der Waals surface area contributed by atoms with Crippen molar-refractivity contribution in [2.45, 2.75) is 46.5 Å². The number of carboxylic acids is 1. The van der Waals surface area contributed by atoms with Gasteiger partial charge in [0.2, 0.25) is 0 Å². The molecular formula is C14H23N3O2. The number of aromatic nitrogens is 2. The standard InChI is InChI=1S/C14H23N3O2/c1-9(2)6-5-7-15-11-8-16-13(10(3)4)17-12(11)14(18)19/h8-10,15H,5-7H2,1-4H3,(H,18,19). The maximum absolute atomic E-state index is 11.2. The summed E-state index contributed by atoms with van der Waals surface area (Å²) in [4.78, 5) is 19.5. The van der Waals surface area contributed by atoms with Gasteiger partial charge in [-0.1, -0.05) is 27.7 Å². The van der Waals surface area contributed by atoms with Gasteiger partial charge in [-0.2, -0.15) is 0 Å². The lowest BCUT2D eigenvalue weighted by Crippen LogP contribution is -2.13. The highest BCUT2D eigenvalue weighted by atomic mass is 16.4. The van der Waals surface area contributed by atoms with Crippen LogP contribution in [0.2, 0.25) is 0 Å². The van der Waals surface area contributed by atoms with Gasteiger partial charge in [0.15, 0.2) is 5.69 Å². The summed E-state index contributed by atoms with van der Waals surface area (Å²) in [5, 5.41) is 12.3. The minimum absolute atomic E-state index is 0.0586. The van der Waals surface area contributed by atoms with Crippen molar-refractivity contribution in [3.8, 4) is 0 Å². The van der Waals surface area contributed by atoms with Crippen molar-refractivity contribution in [2.24, 2.45) is 5.92 Å². The maximum atomic E-state index is 11.2. The predicted octanol–water partition coefficient (Wildman–Crippen LogP) is 3.15. The van der Waals surface area contributed by atoms with Crippen LogP contribution in [0.3, 0.4) is 0 Å². The Kier molecular flexibility index (Phi) is 5.73. The van der Waals surface area contributed by atoms with Crippen LogP contribution in [-0.4, -0.2) is 27.6 Å². The van der Waals surface area contributed by atoms with E-state index in [-0.39, 0.29) is 11.6 Å². The molecule has 0 bridgehead atoms. The third-order valence-corrected chi connectivity index (χ3v) is 2.80. The molecule has 0 radical (unpaired) electrons. The summed E-state index contributed by atoms with van der Waals surface area (Å²) in [7, 11) is 0. The van der Waals surface area contributed by atoms with E-state index in [4.69, 9.17) is 0 Å². The van der Waals surface area contributed by atoms with Gasteiger partial charge >= 0.3 is 5.97 Å². The van der Waals surface area contributed by atoms with Crippen molar-refractivity contribution in [1.29, 1.82) is 0 Å². The number of nitrogens with one attached hydrogen (secondary N) is 1. The number of nitrogens with zero attached hydrogens (tertiary/aromatic N) is 2. The summed E-state index contributed by atoms with van der Waals surface area (Å²) in [6.07, 6.45) is 3.68. The molecule has 19 heavy (non-hydrogen) atoms. The zero-order valence-corrected chi connectivity index (χ0v) is 12.1. The molecule has 0 fully saturated rings. The molecule has 1 aromatic rings. The lowest BCUT2D eigenvalue weighted by Gasteiger charge is -2.11. The molecule has 0 spiro atoms. The zero-order valence-electron chi connectivity index (χ0n) is 12.1. The highest BCUT2D eigenvalue weighted by Gasteiger charge is 2.15. The highest BCUT2D eigenvalue weighted by molar-refractivity contribution is 5.91. The molecule has 0 amide bonds. The topological polar surface area (TPSA) is 75.1 Å². The van der Waals surface area contributed by atoms with Crippen molar-refractivity contribution in [3.63, 3.8) is 0 Å². The summed E-state index contributed by atoms with van der Waals surface area (Å²) in [6, 6.07) is 0. The first-order valence-electron chi connectivity index (χ1n) is 6.76. The SMILES string of the molecule is CC(C)CCCNc1cnc(C(C)C)nc1C(=O)O. The van der Waals surface area contributed by atoms with E-state index in [0.717, 1.165) is 19.4 Å². The van der Waals surface area contributed by atoms with Crippen LogP contribution < -0.4 is 5.32 Å². The fraction of sp³-hybridized carbons (Fsp3) is 0.643. The second-order valence-corrected chi connectivity index (χ2v) is 5.41. The molecule has 1 aromatic heterocycles. The summed E-state index contributed by atoms with van der Waals surface area (Å²) in [5.74, 6) is 0.314. The second-order valence-electron chi connectivity index (χ2n) is 5.41. The minimum Gasteiger partial charge on any atom is -0.476 e. The number of hydrogen-bond donors (Lipinski definition) is 2. The third kappa shape index (κ3) is 4.85. The van der Waals surface area contributed by atoms with Crippen LogP contribution in [0.4, 0.5) is 5.69 Å². The fourth-order valence-electron chi connectivity index (χ4n) is 1.70. The van der Waals surface area contributed by atoms with Crippen LogP contribution in [0.5, 0.6) is 0 Å². The van der Waals surface area contributed by atoms with Gasteiger partial charge in [0, 0.05) is 12.5 Å². The smallest absolute Gasteiger partial charge is 0.356 e. The van der Waals surface area contributed by atoms with Gasteiger partial charge in [0.25, 0.3) is 0 Å². The average molecular weight is 265 g/mol. The quantitative estimate of drug-likeness (QED) is 0.741.